The van der Waals surface area contributed by atoms with Gasteiger partial charge in [-0.05, 0) is 13.8 Å². The first-order chi connectivity index (χ1) is 5.70. The van der Waals surface area contributed by atoms with Gasteiger partial charge in [0.05, 0.1) is 25.3 Å². The number of carbonyl (C=O) groups is 1. The van der Waals surface area contributed by atoms with E-state index >= 15 is 0 Å². The van der Waals surface area contributed by atoms with Crippen molar-refractivity contribution >= 4 is 5.97 Å². The molecule has 0 bridgehead atoms. The molecule has 2 N–H and O–H groups in total. The smallest absolute Gasteiger partial charge is 0.311 e. The minimum atomic E-state index is -0.328. The van der Waals surface area contributed by atoms with E-state index in [0.29, 0.717) is 18.9 Å². The fraction of sp³-hybridized carbons (Fsp3) is 0.625. The largest absolute Gasteiger partial charge is 0.500 e. The first-order valence-corrected chi connectivity index (χ1v) is 3.92. The molecule has 0 unspecified atom stereocenters. The maximum absolute atomic E-state index is 10.8. The lowest BCUT2D eigenvalue weighted by atomic mass is 10.3. The number of esters is 1. The van der Waals surface area contributed by atoms with E-state index in [0.717, 1.165) is 0 Å². The minimum absolute atomic E-state index is 0.0911. The standard InChI is InChI=1S/C8H15NO3/c1-3-11-6-7(9)5-8(10)12-4-2/h6H,3-5,9H2,1-2H3/b7-6+. The third-order valence-electron chi connectivity index (χ3n) is 1.06. The first kappa shape index (κ1) is 10.8. The zero-order valence-corrected chi connectivity index (χ0v) is 7.50. The Morgan fingerprint density at radius 3 is 2.58 bits per heavy atom. The van der Waals surface area contributed by atoms with Crippen molar-refractivity contribution in [2.75, 3.05) is 13.2 Å². The van der Waals surface area contributed by atoms with Crippen molar-refractivity contribution < 1.29 is 14.3 Å². The van der Waals surface area contributed by atoms with Crippen LogP contribution in [0.2, 0.25) is 0 Å². The predicted molar refractivity (Wildman–Crippen MR) is 45.1 cm³/mol. The number of carbonyl (C=O) groups excluding carboxylic acids is 1. The van der Waals surface area contributed by atoms with Crippen LogP contribution < -0.4 is 5.73 Å². The Morgan fingerprint density at radius 1 is 1.42 bits per heavy atom. The lowest BCUT2D eigenvalue weighted by Gasteiger charge is -2.01. The Hall–Kier alpha value is -1.19. The molecular weight excluding hydrogens is 158 g/mol. The zero-order valence-electron chi connectivity index (χ0n) is 7.50. The molecule has 0 spiro atoms. The average molecular weight is 173 g/mol. The minimum Gasteiger partial charge on any atom is -0.500 e. The monoisotopic (exact) mass is 173 g/mol. The molecule has 0 aromatic rings. The molecule has 0 aliphatic carbocycles. The second kappa shape index (κ2) is 6.52. The van der Waals surface area contributed by atoms with Crippen molar-refractivity contribution in [2.45, 2.75) is 20.3 Å². The Labute approximate surface area is 72.3 Å². The second-order valence-corrected chi connectivity index (χ2v) is 2.13. The topological polar surface area (TPSA) is 61.5 Å². The van der Waals surface area contributed by atoms with Crippen molar-refractivity contribution in [1.82, 2.24) is 0 Å². The first-order valence-electron chi connectivity index (χ1n) is 3.92. The predicted octanol–water partition coefficient (Wildman–Crippen LogP) is 0.776. The summed E-state index contributed by atoms with van der Waals surface area (Å²) in [5.74, 6) is -0.328. The van der Waals surface area contributed by atoms with E-state index in [1.165, 1.54) is 6.26 Å². The van der Waals surface area contributed by atoms with Crippen LogP contribution in [0.15, 0.2) is 12.0 Å². The van der Waals surface area contributed by atoms with Gasteiger partial charge in [-0.15, -0.1) is 0 Å². The summed E-state index contributed by atoms with van der Waals surface area (Å²) in [6.07, 6.45) is 1.46. The average Bonchev–Trinajstić information content (AvgIpc) is 2.01. The zero-order chi connectivity index (χ0) is 9.40. The highest BCUT2D eigenvalue weighted by molar-refractivity contribution is 5.72. The third kappa shape index (κ3) is 5.58. The third-order valence-corrected chi connectivity index (χ3v) is 1.06. The summed E-state index contributed by atoms with van der Waals surface area (Å²) < 4.78 is 9.56. The van der Waals surface area contributed by atoms with Crippen molar-refractivity contribution in [3.8, 4) is 0 Å². The van der Waals surface area contributed by atoms with Gasteiger partial charge < -0.3 is 15.2 Å². The van der Waals surface area contributed by atoms with E-state index in [4.69, 9.17) is 10.5 Å². The van der Waals surface area contributed by atoms with Crippen molar-refractivity contribution in [1.29, 1.82) is 0 Å². The highest BCUT2D eigenvalue weighted by Gasteiger charge is 2.02. The molecule has 0 amide bonds. The van der Waals surface area contributed by atoms with Crippen LogP contribution in [0.4, 0.5) is 0 Å². The van der Waals surface area contributed by atoms with Gasteiger partial charge in [-0.2, -0.15) is 0 Å². The quantitative estimate of drug-likeness (QED) is 0.493. The second-order valence-electron chi connectivity index (χ2n) is 2.13. The summed E-state index contributed by atoms with van der Waals surface area (Å²) in [5.41, 5.74) is 5.81. The lowest BCUT2D eigenvalue weighted by molar-refractivity contribution is -0.142. The van der Waals surface area contributed by atoms with Gasteiger partial charge in [0.2, 0.25) is 0 Å². The SMILES string of the molecule is CCO/C=C(/N)CC(=O)OCC. The Morgan fingerprint density at radius 2 is 2.08 bits per heavy atom. The molecule has 0 saturated heterocycles. The van der Waals surface area contributed by atoms with Crippen LogP contribution in [0, 0.1) is 0 Å². The van der Waals surface area contributed by atoms with Gasteiger partial charge in [0.15, 0.2) is 0 Å². The van der Waals surface area contributed by atoms with Gasteiger partial charge >= 0.3 is 5.97 Å². The molecule has 0 aliphatic heterocycles. The molecule has 70 valence electrons. The summed E-state index contributed by atoms with van der Waals surface area (Å²) in [4.78, 5) is 10.8. The molecule has 0 rings (SSSR count). The van der Waals surface area contributed by atoms with Crippen LogP contribution >= 0.6 is 0 Å². The summed E-state index contributed by atoms with van der Waals surface area (Å²) in [6.45, 7) is 4.51. The van der Waals surface area contributed by atoms with Crippen LogP contribution in [0.5, 0.6) is 0 Å². The maximum atomic E-state index is 10.8. The van der Waals surface area contributed by atoms with Gasteiger partial charge in [0.25, 0.3) is 0 Å². The molecule has 0 radical (unpaired) electrons. The van der Waals surface area contributed by atoms with Gasteiger partial charge in [-0.1, -0.05) is 0 Å². The Balaban J connectivity index is 3.67. The fourth-order valence-corrected chi connectivity index (χ4v) is 0.611. The van der Waals surface area contributed by atoms with Crippen LogP contribution in [0.1, 0.15) is 20.3 Å². The summed E-state index contributed by atoms with van der Waals surface area (Å²) in [6, 6.07) is 0. The van der Waals surface area contributed by atoms with Crippen LogP contribution in [0.25, 0.3) is 0 Å². The number of hydrogen-bond donors (Lipinski definition) is 1. The molecule has 0 aromatic heterocycles. The normalized spacial score (nSPS) is 11.0. The molecule has 4 nitrogen and oxygen atoms in total. The lowest BCUT2D eigenvalue weighted by Crippen LogP contribution is -2.10. The van der Waals surface area contributed by atoms with Crippen molar-refractivity contribution in [3.05, 3.63) is 12.0 Å². The van der Waals surface area contributed by atoms with Gasteiger partial charge in [0, 0.05) is 0 Å². The van der Waals surface area contributed by atoms with Gasteiger partial charge in [-0.3, -0.25) is 4.79 Å². The summed E-state index contributed by atoms with van der Waals surface area (Å²) >= 11 is 0. The maximum Gasteiger partial charge on any atom is 0.311 e. The molecule has 12 heavy (non-hydrogen) atoms. The van der Waals surface area contributed by atoms with Gasteiger partial charge in [0.1, 0.15) is 6.26 Å². The van der Waals surface area contributed by atoms with Crippen LogP contribution in [-0.4, -0.2) is 19.2 Å². The molecule has 0 fully saturated rings. The highest BCUT2D eigenvalue weighted by atomic mass is 16.5. The van der Waals surface area contributed by atoms with E-state index in [1.807, 2.05) is 6.92 Å². The van der Waals surface area contributed by atoms with E-state index < -0.39 is 0 Å². The Bertz CT molecular complexity index is 166. The molecular formula is C8H15NO3. The van der Waals surface area contributed by atoms with Crippen LogP contribution in [-0.2, 0) is 14.3 Å². The number of ether oxygens (including phenoxy) is 2. The summed E-state index contributed by atoms with van der Waals surface area (Å²) in [7, 11) is 0. The molecule has 0 aromatic carbocycles. The number of hydrogen-bond acceptors (Lipinski definition) is 4. The fourth-order valence-electron chi connectivity index (χ4n) is 0.611. The summed E-state index contributed by atoms with van der Waals surface area (Å²) in [5, 5.41) is 0. The van der Waals surface area contributed by atoms with E-state index in [-0.39, 0.29) is 12.4 Å². The van der Waals surface area contributed by atoms with E-state index in [2.05, 4.69) is 4.74 Å². The molecule has 0 saturated carbocycles. The molecule has 0 heterocycles. The molecule has 4 heteroatoms. The Kier molecular flexibility index (Phi) is 5.87. The molecule has 0 atom stereocenters. The van der Waals surface area contributed by atoms with E-state index in [1.54, 1.807) is 6.92 Å². The van der Waals surface area contributed by atoms with Gasteiger partial charge in [-0.25, -0.2) is 0 Å². The van der Waals surface area contributed by atoms with Crippen LogP contribution in [0.3, 0.4) is 0 Å². The number of nitrogens with two attached hydrogens (primary N) is 1. The highest BCUT2D eigenvalue weighted by Crippen LogP contribution is 1.95. The van der Waals surface area contributed by atoms with Crippen molar-refractivity contribution in [2.24, 2.45) is 5.73 Å². The number of rotatable bonds is 5. The van der Waals surface area contributed by atoms with E-state index in [9.17, 15) is 4.79 Å². The molecule has 0 aliphatic rings. The van der Waals surface area contributed by atoms with Crippen molar-refractivity contribution in [3.63, 3.8) is 0 Å².